The van der Waals surface area contributed by atoms with Crippen LogP contribution in [0.25, 0.3) is 0 Å². The Labute approximate surface area is 98.7 Å². The molecule has 5 heteroatoms. The minimum absolute atomic E-state index is 0.111. The van der Waals surface area contributed by atoms with E-state index in [0.717, 1.165) is 0 Å². The molecule has 1 aromatic rings. The summed E-state index contributed by atoms with van der Waals surface area (Å²) in [5, 5.41) is 0. The van der Waals surface area contributed by atoms with Gasteiger partial charge in [-0.15, -0.1) is 0 Å². The minimum atomic E-state index is -3.21. The zero-order valence-corrected chi connectivity index (χ0v) is 11.1. The highest BCUT2D eigenvalue weighted by molar-refractivity contribution is 9.10. The van der Waals surface area contributed by atoms with Gasteiger partial charge < -0.3 is 5.73 Å². The molecule has 0 aliphatic rings. The summed E-state index contributed by atoms with van der Waals surface area (Å²) in [5.41, 5.74) is 6.09. The molecule has 0 spiro atoms. The number of anilines is 1. The van der Waals surface area contributed by atoms with Crippen molar-refractivity contribution >= 4 is 31.5 Å². The van der Waals surface area contributed by atoms with E-state index in [0.29, 0.717) is 15.1 Å². The Morgan fingerprint density at radius 1 is 1.40 bits per heavy atom. The average molecular weight is 292 g/mol. The molecule has 2 N–H and O–H groups in total. The van der Waals surface area contributed by atoms with Crippen LogP contribution in [0.2, 0.25) is 0 Å². The van der Waals surface area contributed by atoms with Gasteiger partial charge in [-0.3, -0.25) is 0 Å². The Bertz CT molecular complexity index is 454. The fraction of sp³-hybridized carbons (Fsp3) is 0.400. The molecule has 0 saturated carbocycles. The largest absolute Gasteiger partial charge is 0.399 e. The monoisotopic (exact) mass is 291 g/mol. The molecule has 0 aliphatic heterocycles. The minimum Gasteiger partial charge on any atom is -0.399 e. The van der Waals surface area contributed by atoms with Gasteiger partial charge in [0.1, 0.15) is 0 Å². The lowest BCUT2D eigenvalue weighted by Gasteiger charge is -2.09. The molecular formula is C10H14BrNO2S. The molecule has 0 amide bonds. The predicted molar refractivity (Wildman–Crippen MR) is 65.4 cm³/mol. The highest BCUT2D eigenvalue weighted by atomic mass is 79.9. The molecule has 0 heterocycles. The molecule has 0 unspecified atom stereocenters. The third-order valence-electron chi connectivity index (χ3n) is 1.84. The van der Waals surface area contributed by atoms with Crippen LogP contribution in [0.1, 0.15) is 13.8 Å². The lowest BCUT2D eigenvalue weighted by molar-refractivity contribution is 0.582. The summed E-state index contributed by atoms with van der Waals surface area (Å²) in [5.74, 6) is 0.259. The van der Waals surface area contributed by atoms with E-state index in [-0.39, 0.29) is 11.7 Å². The Morgan fingerprint density at radius 2 is 2.00 bits per heavy atom. The van der Waals surface area contributed by atoms with E-state index in [9.17, 15) is 8.42 Å². The molecule has 0 fully saturated rings. The summed E-state index contributed by atoms with van der Waals surface area (Å²) in [7, 11) is -3.21. The SMILES string of the molecule is CC(C)CS(=O)(=O)c1ccc(N)cc1Br. The molecule has 0 radical (unpaired) electrons. The van der Waals surface area contributed by atoms with Crippen LogP contribution in [-0.4, -0.2) is 14.2 Å². The van der Waals surface area contributed by atoms with Crippen molar-refractivity contribution in [2.45, 2.75) is 18.7 Å². The van der Waals surface area contributed by atoms with Gasteiger partial charge in [0.2, 0.25) is 0 Å². The standard InChI is InChI=1S/C10H14BrNO2S/c1-7(2)6-15(13,14)10-4-3-8(12)5-9(10)11/h3-5,7H,6,12H2,1-2H3. The molecule has 1 rings (SSSR count). The zero-order chi connectivity index (χ0) is 11.6. The summed E-state index contributed by atoms with van der Waals surface area (Å²) >= 11 is 3.21. The van der Waals surface area contributed by atoms with E-state index in [1.807, 2.05) is 13.8 Å². The van der Waals surface area contributed by atoms with Crippen molar-refractivity contribution in [3.8, 4) is 0 Å². The highest BCUT2D eigenvalue weighted by Crippen LogP contribution is 2.26. The number of sulfone groups is 1. The molecule has 0 aromatic heterocycles. The molecular weight excluding hydrogens is 278 g/mol. The van der Waals surface area contributed by atoms with Gasteiger partial charge in [0, 0.05) is 10.2 Å². The van der Waals surface area contributed by atoms with Crippen LogP contribution < -0.4 is 5.73 Å². The van der Waals surface area contributed by atoms with E-state index in [1.54, 1.807) is 12.1 Å². The maximum atomic E-state index is 11.9. The predicted octanol–water partition coefficient (Wildman–Crippen LogP) is 2.46. The second-order valence-electron chi connectivity index (χ2n) is 3.87. The maximum absolute atomic E-state index is 11.9. The van der Waals surface area contributed by atoms with Crippen molar-refractivity contribution in [2.24, 2.45) is 5.92 Å². The van der Waals surface area contributed by atoms with Crippen molar-refractivity contribution in [1.29, 1.82) is 0 Å². The quantitative estimate of drug-likeness (QED) is 0.871. The summed E-state index contributed by atoms with van der Waals surface area (Å²) in [6.07, 6.45) is 0. The molecule has 15 heavy (non-hydrogen) atoms. The van der Waals surface area contributed by atoms with E-state index >= 15 is 0 Å². The van der Waals surface area contributed by atoms with Crippen molar-refractivity contribution in [3.63, 3.8) is 0 Å². The molecule has 0 aliphatic carbocycles. The Hall–Kier alpha value is -0.550. The Balaban J connectivity index is 3.16. The van der Waals surface area contributed by atoms with Crippen LogP contribution in [-0.2, 0) is 9.84 Å². The molecule has 0 bridgehead atoms. The first kappa shape index (κ1) is 12.5. The summed E-state index contributed by atoms with van der Waals surface area (Å²) in [6.45, 7) is 3.76. The lowest BCUT2D eigenvalue weighted by Crippen LogP contribution is -2.12. The maximum Gasteiger partial charge on any atom is 0.179 e. The average Bonchev–Trinajstić information content (AvgIpc) is 1.99. The van der Waals surface area contributed by atoms with Gasteiger partial charge in [0.15, 0.2) is 9.84 Å². The molecule has 3 nitrogen and oxygen atoms in total. The molecule has 1 aromatic carbocycles. The van der Waals surface area contributed by atoms with Gasteiger partial charge in [-0.1, -0.05) is 13.8 Å². The van der Waals surface area contributed by atoms with E-state index < -0.39 is 9.84 Å². The van der Waals surface area contributed by atoms with Crippen LogP contribution in [0.5, 0.6) is 0 Å². The number of halogens is 1. The van der Waals surface area contributed by atoms with Gasteiger partial charge in [-0.2, -0.15) is 0 Å². The number of nitrogens with two attached hydrogens (primary N) is 1. The topological polar surface area (TPSA) is 60.2 Å². The van der Waals surface area contributed by atoms with Crippen molar-refractivity contribution in [3.05, 3.63) is 22.7 Å². The summed E-state index contributed by atoms with van der Waals surface area (Å²) in [6, 6.07) is 4.74. The first-order chi connectivity index (χ1) is 6.83. The van der Waals surface area contributed by atoms with Crippen LogP contribution in [0.3, 0.4) is 0 Å². The second kappa shape index (κ2) is 4.53. The number of benzene rings is 1. The zero-order valence-electron chi connectivity index (χ0n) is 8.70. The second-order valence-corrected chi connectivity index (χ2v) is 6.72. The number of nitrogen functional groups attached to an aromatic ring is 1. The van der Waals surface area contributed by atoms with Gasteiger partial charge in [0.05, 0.1) is 10.6 Å². The fourth-order valence-corrected chi connectivity index (χ4v) is 4.12. The fourth-order valence-electron chi connectivity index (χ4n) is 1.30. The normalized spacial score (nSPS) is 12.0. The van der Waals surface area contributed by atoms with E-state index in [1.165, 1.54) is 6.07 Å². The van der Waals surface area contributed by atoms with Crippen molar-refractivity contribution < 1.29 is 8.42 Å². The van der Waals surface area contributed by atoms with Crippen LogP contribution in [0, 0.1) is 5.92 Å². The third-order valence-corrected chi connectivity index (χ3v) is 4.89. The van der Waals surface area contributed by atoms with E-state index in [4.69, 9.17) is 5.73 Å². The lowest BCUT2D eigenvalue weighted by atomic mass is 10.3. The number of hydrogen-bond donors (Lipinski definition) is 1. The van der Waals surface area contributed by atoms with Crippen LogP contribution >= 0.6 is 15.9 Å². The highest BCUT2D eigenvalue weighted by Gasteiger charge is 2.19. The molecule has 0 saturated heterocycles. The van der Waals surface area contributed by atoms with E-state index in [2.05, 4.69) is 15.9 Å². The van der Waals surface area contributed by atoms with Gasteiger partial charge >= 0.3 is 0 Å². The smallest absolute Gasteiger partial charge is 0.179 e. The summed E-state index contributed by atoms with van der Waals surface area (Å²) < 4.78 is 24.3. The molecule has 0 atom stereocenters. The van der Waals surface area contributed by atoms with Crippen LogP contribution in [0.4, 0.5) is 5.69 Å². The first-order valence-electron chi connectivity index (χ1n) is 4.60. The van der Waals surface area contributed by atoms with Gasteiger partial charge in [0.25, 0.3) is 0 Å². The van der Waals surface area contributed by atoms with Crippen molar-refractivity contribution in [2.75, 3.05) is 11.5 Å². The Morgan fingerprint density at radius 3 is 2.47 bits per heavy atom. The molecule has 84 valence electrons. The number of rotatable bonds is 3. The van der Waals surface area contributed by atoms with Gasteiger partial charge in [-0.25, -0.2) is 8.42 Å². The number of hydrogen-bond acceptors (Lipinski definition) is 3. The third kappa shape index (κ3) is 3.21. The van der Waals surface area contributed by atoms with Crippen LogP contribution in [0.15, 0.2) is 27.6 Å². The van der Waals surface area contributed by atoms with Crippen molar-refractivity contribution in [1.82, 2.24) is 0 Å². The Kier molecular flexibility index (Phi) is 3.78. The van der Waals surface area contributed by atoms with Gasteiger partial charge in [-0.05, 0) is 40.0 Å². The first-order valence-corrected chi connectivity index (χ1v) is 7.05. The summed E-state index contributed by atoms with van der Waals surface area (Å²) in [4.78, 5) is 0.311.